The highest BCUT2D eigenvalue weighted by Crippen LogP contribution is 2.40. The summed E-state index contributed by atoms with van der Waals surface area (Å²) in [6.45, 7) is 11.3. The largest absolute Gasteiger partial charge is 0.469 e. The molecule has 0 saturated heterocycles. The molecule has 0 heterocycles. The van der Waals surface area contributed by atoms with Crippen molar-refractivity contribution >= 4 is 14.3 Å². The number of rotatable bonds is 3. The zero-order valence-electron chi connectivity index (χ0n) is 12.0. The van der Waals surface area contributed by atoms with E-state index in [9.17, 15) is 4.79 Å². The lowest BCUT2D eigenvalue weighted by molar-refractivity contribution is -0.145. The lowest BCUT2D eigenvalue weighted by Crippen LogP contribution is -2.43. The Kier molecular flexibility index (Phi) is 4.41. The third-order valence-corrected chi connectivity index (χ3v) is 8.72. The first-order valence-corrected chi connectivity index (χ1v) is 9.34. The Labute approximate surface area is 106 Å². The Balaban J connectivity index is 2.53. The maximum atomic E-state index is 11.5. The molecular weight excluding hydrogens is 232 g/mol. The first-order valence-electron chi connectivity index (χ1n) is 6.43. The summed E-state index contributed by atoms with van der Waals surface area (Å²) in [5, 5.41) is 0.232. The van der Waals surface area contributed by atoms with Crippen molar-refractivity contribution in [3.05, 3.63) is 0 Å². The number of esters is 1. The Morgan fingerprint density at radius 3 is 2.29 bits per heavy atom. The monoisotopic (exact) mass is 258 g/mol. The molecule has 1 saturated carbocycles. The van der Waals surface area contributed by atoms with E-state index in [1.54, 1.807) is 0 Å². The average molecular weight is 258 g/mol. The molecular formula is C13H26O3Si. The van der Waals surface area contributed by atoms with Gasteiger partial charge in [-0.1, -0.05) is 20.8 Å². The smallest absolute Gasteiger partial charge is 0.308 e. The molecule has 0 aromatic rings. The van der Waals surface area contributed by atoms with Crippen LogP contribution in [-0.2, 0) is 14.0 Å². The predicted molar refractivity (Wildman–Crippen MR) is 71.4 cm³/mol. The number of ether oxygens (including phenoxy) is 1. The van der Waals surface area contributed by atoms with Crippen LogP contribution in [0.1, 0.15) is 40.0 Å². The fraction of sp³-hybridized carbons (Fsp3) is 0.923. The van der Waals surface area contributed by atoms with Crippen LogP contribution in [0, 0.1) is 5.92 Å². The third kappa shape index (κ3) is 3.55. The third-order valence-electron chi connectivity index (χ3n) is 4.19. The Hall–Kier alpha value is -0.353. The zero-order valence-corrected chi connectivity index (χ0v) is 13.0. The molecule has 1 aliphatic carbocycles. The van der Waals surface area contributed by atoms with Gasteiger partial charge in [-0.3, -0.25) is 4.79 Å². The highest BCUT2D eigenvalue weighted by molar-refractivity contribution is 6.74. The van der Waals surface area contributed by atoms with Gasteiger partial charge in [-0.2, -0.15) is 0 Å². The summed E-state index contributed by atoms with van der Waals surface area (Å²) in [6.07, 6.45) is 2.98. The normalized spacial score (nSPS) is 26.0. The maximum Gasteiger partial charge on any atom is 0.308 e. The van der Waals surface area contributed by atoms with Crippen molar-refractivity contribution in [2.75, 3.05) is 7.11 Å². The van der Waals surface area contributed by atoms with Crippen LogP contribution < -0.4 is 0 Å². The quantitative estimate of drug-likeness (QED) is 0.575. The molecule has 0 bridgehead atoms. The van der Waals surface area contributed by atoms with Gasteiger partial charge in [0.1, 0.15) is 0 Å². The number of hydrogen-bond donors (Lipinski definition) is 0. The molecule has 0 spiro atoms. The molecule has 1 fully saturated rings. The molecule has 17 heavy (non-hydrogen) atoms. The van der Waals surface area contributed by atoms with Crippen molar-refractivity contribution in [2.24, 2.45) is 5.92 Å². The minimum absolute atomic E-state index is 0.0507. The van der Waals surface area contributed by atoms with Crippen LogP contribution >= 0.6 is 0 Å². The molecule has 0 amide bonds. The van der Waals surface area contributed by atoms with Gasteiger partial charge >= 0.3 is 5.97 Å². The summed E-state index contributed by atoms with van der Waals surface area (Å²) in [5.74, 6) is -0.0268. The average Bonchev–Trinajstić information content (AvgIpc) is 2.62. The maximum absolute atomic E-state index is 11.5. The number of hydrogen-bond acceptors (Lipinski definition) is 3. The van der Waals surface area contributed by atoms with Gasteiger partial charge in [0.15, 0.2) is 8.32 Å². The van der Waals surface area contributed by atoms with Gasteiger partial charge in [-0.15, -0.1) is 0 Å². The van der Waals surface area contributed by atoms with E-state index < -0.39 is 8.32 Å². The second kappa shape index (κ2) is 5.10. The molecule has 0 aromatic heterocycles. The Morgan fingerprint density at radius 2 is 1.82 bits per heavy atom. The standard InChI is InChI=1S/C13H26O3Si/c1-13(2,3)17(5,6)16-11-8-7-10(9-11)12(14)15-4/h10-11H,7-9H2,1-6H3/t10-,11?/m0/s1. The van der Waals surface area contributed by atoms with Gasteiger partial charge in [0.2, 0.25) is 0 Å². The second-order valence-electron chi connectivity index (χ2n) is 6.53. The SMILES string of the molecule is COC(=O)[C@H]1CCC(O[Si](C)(C)C(C)(C)C)C1. The minimum atomic E-state index is -1.70. The van der Waals surface area contributed by atoms with E-state index in [0.717, 1.165) is 19.3 Å². The molecule has 3 nitrogen and oxygen atoms in total. The first-order chi connectivity index (χ1) is 7.67. The molecule has 1 rings (SSSR count). The first kappa shape index (κ1) is 14.7. The van der Waals surface area contributed by atoms with E-state index in [0.29, 0.717) is 0 Å². The van der Waals surface area contributed by atoms with Crippen LogP contribution in [-0.4, -0.2) is 27.5 Å². The number of carbonyl (C=O) groups is 1. The second-order valence-corrected chi connectivity index (χ2v) is 11.3. The van der Waals surface area contributed by atoms with Crippen LogP contribution in [0.4, 0.5) is 0 Å². The van der Waals surface area contributed by atoms with Crippen molar-refractivity contribution in [1.82, 2.24) is 0 Å². The van der Waals surface area contributed by atoms with E-state index in [1.807, 2.05) is 0 Å². The van der Waals surface area contributed by atoms with Crippen LogP contribution in [0.3, 0.4) is 0 Å². The van der Waals surface area contributed by atoms with Crippen molar-refractivity contribution in [3.63, 3.8) is 0 Å². The molecule has 100 valence electrons. The Morgan fingerprint density at radius 1 is 1.24 bits per heavy atom. The number of methoxy groups -OCH3 is 1. The zero-order chi connectivity index (χ0) is 13.3. The molecule has 1 unspecified atom stereocenters. The van der Waals surface area contributed by atoms with Gasteiger partial charge in [0.25, 0.3) is 0 Å². The highest BCUT2D eigenvalue weighted by atomic mass is 28.4. The number of carbonyl (C=O) groups excluding carboxylic acids is 1. The lowest BCUT2D eigenvalue weighted by atomic mass is 10.1. The van der Waals surface area contributed by atoms with Gasteiger partial charge in [0.05, 0.1) is 13.0 Å². The van der Waals surface area contributed by atoms with E-state index in [4.69, 9.17) is 9.16 Å². The van der Waals surface area contributed by atoms with E-state index >= 15 is 0 Å². The minimum Gasteiger partial charge on any atom is -0.469 e. The molecule has 0 N–H and O–H groups in total. The Bertz CT molecular complexity index is 281. The molecule has 1 aliphatic rings. The van der Waals surface area contributed by atoms with E-state index in [-0.39, 0.29) is 23.0 Å². The van der Waals surface area contributed by atoms with E-state index in [1.165, 1.54) is 7.11 Å². The van der Waals surface area contributed by atoms with Gasteiger partial charge < -0.3 is 9.16 Å². The van der Waals surface area contributed by atoms with Gasteiger partial charge in [-0.05, 0) is 37.4 Å². The molecule has 0 radical (unpaired) electrons. The fourth-order valence-corrected chi connectivity index (χ4v) is 3.42. The van der Waals surface area contributed by atoms with Crippen molar-refractivity contribution in [3.8, 4) is 0 Å². The highest BCUT2D eigenvalue weighted by Gasteiger charge is 2.41. The van der Waals surface area contributed by atoms with Crippen LogP contribution in [0.15, 0.2) is 0 Å². The lowest BCUT2D eigenvalue weighted by Gasteiger charge is -2.38. The summed E-state index contributed by atoms with van der Waals surface area (Å²) in [5.41, 5.74) is 0. The summed E-state index contributed by atoms with van der Waals surface area (Å²) in [7, 11) is -0.234. The van der Waals surface area contributed by atoms with E-state index in [2.05, 4.69) is 33.9 Å². The molecule has 0 aliphatic heterocycles. The molecule has 0 aromatic carbocycles. The van der Waals surface area contributed by atoms with Crippen molar-refractivity contribution < 1.29 is 14.0 Å². The summed E-state index contributed by atoms with van der Waals surface area (Å²) in [4.78, 5) is 11.5. The fourth-order valence-electron chi connectivity index (χ4n) is 2.02. The summed E-state index contributed by atoms with van der Waals surface area (Å²) < 4.78 is 11.1. The van der Waals surface area contributed by atoms with Crippen LogP contribution in [0.5, 0.6) is 0 Å². The van der Waals surface area contributed by atoms with Crippen molar-refractivity contribution in [1.29, 1.82) is 0 Å². The predicted octanol–water partition coefficient (Wildman–Crippen LogP) is 3.35. The van der Waals surface area contributed by atoms with Gasteiger partial charge in [-0.25, -0.2) is 0 Å². The summed E-state index contributed by atoms with van der Waals surface area (Å²) in [6, 6.07) is 0. The summed E-state index contributed by atoms with van der Waals surface area (Å²) >= 11 is 0. The topological polar surface area (TPSA) is 35.5 Å². The van der Waals surface area contributed by atoms with Crippen LogP contribution in [0.25, 0.3) is 0 Å². The molecule has 2 atom stereocenters. The van der Waals surface area contributed by atoms with Gasteiger partial charge in [0, 0.05) is 6.10 Å². The molecule has 4 heteroatoms. The van der Waals surface area contributed by atoms with Crippen LogP contribution in [0.2, 0.25) is 18.1 Å². The van der Waals surface area contributed by atoms with Crippen molar-refractivity contribution in [2.45, 2.75) is 64.3 Å².